The fourth-order valence-corrected chi connectivity index (χ4v) is 1.69. The summed E-state index contributed by atoms with van der Waals surface area (Å²) in [7, 11) is 0. The Balaban J connectivity index is 3.33. The van der Waals surface area contributed by atoms with Gasteiger partial charge in [0.15, 0.2) is 0 Å². The number of unbranched alkanes of at least 4 members (excludes halogenated alkanes) is 1. The second-order valence-corrected chi connectivity index (χ2v) is 3.11. The van der Waals surface area contributed by atoms with Crippen molar-refractivity contribution in [3.63, 3.8) is 0 Å². The third-order valence-electron chi connectivity index (χ3n) is 1.71. The van der Waals surface area contributed by atoms with Crippen molar-refractivity contribution in [3.8, 4) is 0 Å². The van der Waals surface area contributed by atoms with Gasteiger partial charge in [-0.3, -0.25) is 0 Å². The van der Waals surface area contributed by atoms with Crippen molar-refractivity contribution in [2.24, 2.45) is 0 Å². The molecule has 0 aromatic carbocycles. The average molecular weight is 134 g/mol. The van der Waals surface area contributed by atoms with Crippen LogP contribution in [0.1, 0.15) is 33.1 Å². The SMILES string of the molecule is CC=C([CH2][Na])CCCC. The monoisotopic (exact) mass is 134 g/mol. The van der Waals surface area contributed by atoms with E-state index >= 15 is 0 Å². The van der Waals surface area contributed by atoms with Crippen molar-refractivity contribution in [3.05, 3.63) is 11.6 Å². The molecule has 0 aliphatic heterocycles. The van der Waals surface area contributed by atoms with Crippen LogP contribution in [0.25, 0.3) is 0 Å². The Morgan fingerprint density at radius 1 is 1.56 bits per heavy atom. The summed E-state index contributed by atoms with van der Waals surface area (Å²) in [4.78, 5) is 0. The summed E-state index contributed by atoms with van der Waals surface area (Å²) in [5.74, 6) is 0. The first-order valence-electron chi connectivity index (χ1n) is 3.99. The molecule has 0 N–H and O–H groups in total. The Morgan fingerprint density at radius 2 is 2.22 bits per heavy atom. The summed E-state index contributed by atoms with van der Waals surface area (Å²) < 4.78 is 1.37. The molecule has 0 aromatic rings. The van der Waals surface area contributed by atoms with Crippen LogP contribution in [0, 0.1) is 0 Å². The Labute approximate surface area is 76.1 Å². The Bertz CT molecular complexity index is 84.6. The van der Waals surface area contributed by atoms with E-state index in [2.05, 4.69) is 19.9 Å². The van der Waals surface area contributed by atoms with Gasteiger partial charge in [-0.1, -0.05) is 0 Å². The third kappa shape index (κ3) is 5.20. The van der Waals surface area contributed by atoms with Gasteiger partial charge in [0.1, 0.15) is 0 Å². The molecule has 1 heteroatoms. The summed E-state index contributed by atoms with van der Waals surface area (Å²) in [6, 6.07) is 0. The molecule has 0 rings (SSSR count). The van der Waals surface area contributed by atoms with Gasteiger partial charge in [0.2, 0.25) is 0 Å². The Hall–Kier alpha value is 0.740. The van der Waals surface area contributed by atoms with Crippen LogP contribution in [0.3, 0.4) is 0 Å². The van der Waals surface area contributed by atoms with Crippen molar-refractivity contribution in [2.75, 3.05) is 0 Å². The first-order valence-corrected chi connectivity index (χ1v) is 5.40. The van der Waals surface area contributed by atoms with Crippen molar-refractivity contribution in [1.29, 1.82) is 0 Å². The second kappa shape index (κ2) is 6.85. The van der Waals surface area contributed by atoms with E-state index in [-0.39, 0.29) is 0 Å². The minimum absolute atomic E-state index is 1.33. The van der Waals surface area contributed by atoms with Gasteiger partial charge in [-0.2, -0.15) is 0 Å². The van der Waals surface area contributed by atoms with Crippen molar-refractivity contribution in [2.45, 2.75) is 36.8 Å². The molecular formula is C8H15Na. The molecule has 0 radical (unpaired) electrons. The molecule has 0 nitrogen and oxygen atoms in total. The maximum atomic E-state index is 2.28. The van der Waals surface area contributed by atoms with Crippen molar-refractivity contribution < 1.29 is 0 Å². The van der Waals surface area contributed by atoms with Gasteiger partial charge in [-0.05, 0) is 0 Å². The quantitative estimate of drug-likeness (QED) is 0.409. The van der Waals surface area contributed by atoms with Crippen LogP contribution in [-0.4, -0.2) is 27.9 Å². The van der Waals surface area contributed by atoms with Gasteiger partial charge in [-0.15, -0.1) is 0 Å². The number of allylic oxidation sites excluding steroid dienone is 2. The minimum atomic E-state index is 1.33. The van der Waals surface area contributed by atoms with E-state index in [0.717, 1.165) is 0 Å². The average Bonchev–Trinajstić information content (AvgIpc) is 1.91. The summed E-state index contributed by atoms with van der Waals surface area (Å²) in [5.41, 5.74) is 1.67. The first kappa shape index (κ1) is 9.74. The molecule has 0 aliphatic carbocycles. The van der Waals surface area contributed by atoms with Crippen molar-refractivity contribution >= 4 is 27.9 Å². The molecule has 0 unspecified atom stereocenters. The van der Waals surface area contributed by atoms with Gasteiger partial charge >= 0.3 is 76.4 Å². The summed E-state index contributed by atoms with van der Waals surface area (Å²) in [6.07, 6.45) is 6.33. The molecule has 0 spiro atoms. The molecule has 0 aliphatic rings. The van der Waals surface area contributed by atoms with Crippen molar-refractivity contribution in [1.82, 2.24) is 0 Å². The van der Waals surface area contributed by atoms with E-state index in [0.29, 0.717) is 0 Å². The molecule has 9 heavy (non-hydrogen) atoms. The normalized spacial score (nSPS) is 12.2. The van der Waals surface area contributed by atoms with E-state index in [1.165, 1.54) is 50.9 Å². The zero-order valence-corrected chi connectivity index (χ0v) is 8.91. The second-order valence-electron chi connectivity index (χ2n) is 2.40. The van der Waals surface area contributed by atoms with E-state index in [1.54, 1.807) is 5.57 Å². The number of hydrogen-bond donors (Lipinski definition) is 0. The van der Waals surface area contributed by atoms with Gasteiger partial charge in [-0.25, -0.2) is 0 Å². The summed E-state index contributed by atoms with van der Waals surface area (Å²) >= 11 is 1.33. The number of rotatable bonds is 4. The van der Waals surface area contributed by atoms with Crippen LogP contribution in [0.4, 0.5) is 0 Å². The van der Waals surface area contributed by atoms with E-state index in [4.69, 9.17) is 0 Å². The van der Waals surface area contributed by atoms with E-state index < -0.39 is 0 Å². The zero-order valence-electron chi connectivity index (χ0n) is 6.91. The molecule has 0 saturated heterocycles. The Morgan fingerprint density at radius 3 is 2.56 bits per heavy atom. The van der Waals surface area contributed by atoms with Gasteiger partial charge in [0, 0.05) is 0 Å². The fourth-order valence-electron chi connectivity index (χ4n) is 0.929. The van der Waals surface area contributed by atoms with Crippen LogP contribution < -0.4 is 0 Å². The van der Waals surface area contributed by atoms with Crippen LogP contribution in [0.5, 0.6) is 0 Å². The predicted molar refractivity (Wildman–Crippen MR) is 43.8 cm³/mol. The van der Waals surface area contributed by atoms with Crippen LogP contribution >= 0.6 is 0 Å². The molecule has 0 bridgehead atoms. The molecule has 0 aromatic heterocycles. The summed E-state index contributed by atoms with van der Waals surface area (Å²) in [5, 5.41) is 0. The standard InChI is InChI=1S/C8H15.Na/c1-4-6-7-8(3)5-2;/h5H,3-4,6-7H2,1-2H3;. The first-order chi connectivity index (χ1) is 4.35. The zero-order chi connectivity index (χ0) is 7.11. The van der Waals surface area contributed by atoms with Gasteiger partial charge in [0.25, 0.3) is 0 Å². The Kier molecular flexibility index (Phi) is 7.42. The topological polar surface area (TPSA) is 0 Å². The molecule has 0 heterocycles. The molecular weight excluding hydrogens is 119 g/mol. The van der Waals surface area contributed by atoms with Gasteiger partial charge in [0.05, 0.1) is 0 Å². The summed E-state index contributed by atoms with van der Waals surface area (Å²) in [6.45, 7) is 4.41. The van der Waals surface area contributed by atoms with Gasteiger partial charge < -0.3 is 0 Å². The van der Waals surface area contributed by atoms with Crippen LogP contribution in [-0.2, 0) is 0 Å². The molecule has 0 fully saturated rings. The van der Waals surface area contributed by atoms with E-state index in [9.17, 15) is 0 Å². The maximum absolute atomic E-state index is 2.28. The molecule has 0 amide bonds. The number of hydrogen-bond acceptors (Lipinski definition) is 0. The van der Waals surface area contributed by atoms with E-state index in [1.807, 2.05) is 0 Å². The molecule has 48 valence electrons. The molecule has 0 atom stereocenters. The van der Waals surface area contributed by atoms with Crippen LogP contribution in [0.15, 0.2) is 11.6 Å². The fraction of sp³-hybridized carbons (Fsp3) is 0.750. The predicted octanol–water partition coefficient (Wildman–Crippen LogP) is 2.71. The third-order valence-corrected chi connectivity index (χ3v) is 2.62. The molecule has 0 saturated carbocycles. The van der Waals surface area contributed by atoms with Crippen LogP contribution in [0.2, 0.25) is 3.67 Å².